The van der Waals surface area contributed by atoms with Crippen LogP contribution in [0.25, 0.3) is 22.3 Å². The highest BCUT2D eigenvalue weighted by Gasteiger charge is 2.15. The van der Waals surface area contributed by atoms with Gasteiger partial charge >= 0.3 is 0 Å². The van der Waals surface area contributed by atoms with Crippen molar-refractivity contribution in [1.29, 1.82) is 5.26 Å². The maximum Gasteiger partial charge on any atom is 0.221 e. The summed E-state index contributed by atoms with van der Waals surface area (Å²) in [6.07, 6.45) is -0.279. The smallest absolute Gasteiger partial charge is 0.221 e. The van der Waals surface area contributed by atoms with E-state index in [1.807, 2.05) is 6.07 Å². The van der Waals surface area contributed by atoms with Gasteiger partial charge in [-0.25, -0.2) is 4.39 Å². The number of nitriles is 1. The topological polar surface area (TPSA) is 130 Å². The van der Waals surface area contributed by atoms with Gasteiger partial charge in [-0.1, -0.05) is 42.5 Å². The second kappa shape index (κ2) is 8.45. The Morgan fingerprint density at radius 2 is 1.43 bits per heavy atom. The molecule has 0 saturated carbocycles. The summed E-state index contributed by atoms with van der Waals surface area (Å²) in [7, 11) is 0. The number of para-hydroxylation sites is 1. The molecule has 0 aliphatic rings. The molecule has 7 heteroatoms. The predicted octanol–water partition coefficient (Wildman–Crippen LogP) is 2.79. The van der Waals surface area contributed by atoms with Crippen LogP contribution in [0.15, 0.2) is 54.6 Å². The molecule has 3 aromatic rings. The molecule has 2 amide bonds. The third-order valence-electron chi connectivity index (χ3n) is 4.67. The number of hydrogen-bond donors (Lipinski definition) is 3. The average Bonchev–Trinajstić information content (AvgIpc) is 2.69. The van der Waals surface area contributed by atoms with Crippen molar-refractivity contribution < 1.29 is 19.1 Å². The van der Waals surface area contributed by atoms with Crippen LogP contribution in [0.3, 0.4) is 0 Å². The van der Waals surface area contributed by atoms with Gasteiger partial charge in [0.05, 0.1) is 24.5 Å². The monoisotopic (exact) mass is 403 g/mol. The Balaban J connectivity index is 2.04. The number of nitrogens with two attached hydrogens (primary N) is 2. The Morgan fingerprint density at radius 1 is 0.900 bits per heavy atom. The number of phenols is 1. The van der Waals surface area contributed by atoms with Gasteiger partial charge in [-0.3, -0.25) is 9.59 Å². The van der Waals surface area contributed by atoms with Gasteiger partial charge in [0.1, 0.15) is 11.6 Å². The molecule has 0 heterocycles. The molecule has 6 nitrogen and oxygen atoms in total. The van der Waals surface area contributed by atoms with Crippen molar-refractivity contribution in [2.24, 2.45) is 11.5 Å². The van der Waals surface area contributed by atoms with Gasteiger partial charge in [0.2, 0.25) is 11.8 Å². The molecule has 3 rings (SSSR count). The van der Waals surface area contributed by atoms with Gasteiger partial charge in [-0.2, -0.15) is 5.26 Å². The van der Waals surface area contributed by atoms with Crippen LogP contribution in [0.5, 0.6) is 5.75 Å². The molecular weight excluding hydrogens is 385 g/mol. The SMILES string of the molecule is N#Cc1cc(-c2cccc(-c3ccc(CC(N)=O)c(F)c3)c2O)ccc1CC(N)=O. The van der Waals surface area contributed by atoms with E-state index in [0.717, 1.165) is 0 Å². The largest absolute Gasteiger partial charge is 0.507 e. The lowest BCUT2D eigenvalue weighted by molar-refractivity contribution is -0.118. The van der Waals surface area contributed by atoms with Gasteiger partial charge in [-0.15, -0.1) is 0 Å². The van der Waals surface area contributed by atoms with E-state index in [2.05, 4.69) is 0 Å². The first-order valence-corrected chi connectivity index (χ1v) is 9.01. The molecule has 0 atom stereocenters. The van der Waals surface area contributed by atoms with E-state index >= 15 is 0 Å². The first-order valence-electron chi connectivity index (χ1n) is 9.01. The fraction of sp³-hybridized carbons (Fsp3) is 0.0870. The minimum absolute atomic E-state index is 0.0634. The number of nitrogens with zero attached hydrogens (tertiary/aromatic N) is 1. The predicted molar refractivity (Wildman–Crippen MR) is 109 cm³/mol. The number of benzene rings is 3. The molecule has 0 aliphatic carbocycles. The van der Waals surface area contributed by atoms with Crippen LogP contribution >= 0.6 is 0 Å². The van der Waals surface area contributed by atoms with Crippen molar-refractivity contribution in [2.45, 2.75) is 12.8 Å². The van der Waals surface area contributed by atoms with Crippen molar-refractivity contribution >= 4 is 11.8 Å². The molecule has 30 heavy (non-hydrogen) atoms. The number of hydrogen-bond acceptors (Lipinski definition) is 4. The summed E-state index contributed by atoms with van der Waals surface area (Å²) < 4.78 is 14.3. The number of amides is 2. The summed E-state index contributed by atoms with van der Waals surface area (Å²) in [6, 6.07) is 16.2. The number of carbonyl (C=O) groups is 2. The van der Waals surface area contributed by atoms with Crippen LogP contribution in [0.4, 0.5) is 4.39 Å². The summed E-state index contributed by atoms with van der Waals surface area (Å²) in [4.78, 5) is 22.2. The van der Waals surface area contributed by atoms with E-state index in [0.29, 0.717) is 27.8 Å². The first kappa shape index (κ1) is 20.6. The molecule has 3 aromatic carbocycles. The summed E-state index contributed by atoms with van der Waals surface area (Å²) in [5, 5.41) is 20.2. The Labute approximate surface area is 172 Å². The van der Waals surface area contributed by atoms with Crippen LogP contribution in [0.1, 0.15) is 16.7 Å². The zero-order valence-electron chi connectivity index (χ0n) is 15.9. The number of primary amides is 2. The van der Waals surface area contributed by atoms with E-state index in [1.165, 1.54) is 12.1 Å². The zero-order valence-corrected chi connectivity index (χ0v) is 15.9. The number of rotatable bonds is 6. The minimum atomic E-state index is -0.639. The standard InChI is InChI=1S/C23H18FN3O3/c24-20-9-15(6-7-16(20)11-22(27)29)19-3-1-2-18(23(19)30)14-5-4-13(10-21(26)28)17(8-14)12-25/h1-9,30H,10-11H2,(H2,26,28)(H2,27,29). The molecule has 0 aliphatic heterocycles. The summed E-state index contributed by atoms with van der Waals surface area (Å²) >= 11 is 0. The first-order chi connectivity index (χ1) is 14.3. The van der Waals surface area contributed by atoms with Crippen LogP contribution in [-0.2, 0) is 22.4 Å². The van der Waals surface area contributed by atoms with Crippen molar-refractivity contribution in [3.63, 3.8) is 0 Å². The molecule has 5 N–H and O–H groups in total. The molecule has 0 spiro atoms. The van der Waals surface area contributed by atoms with Crippen molar-refractivity contribution in [1.82, 2.24) is 0 Å². The average molecular weight is 403 g/mol. The quantitative estimate of drug-likeness (QED) is 0.584. The third kappa shape index (κ3) is 4.28. The lowest BCUT2D eigenvalue weighted by Gasteiger charge is -2.12. The summed E-state index contributed by atoms with van der Waals surface area (Å²) in [5.41, 5.74) is 13.1. The molecule has 0 saturated heterocycles. The molecule has 0 bridgehead atoms. The van der Waals surface area contributed by atoms with Crippen molar-refractivity contribution in [3.8, 4) is 34.1 Å². The molecule has 0 aromatic heterocycles. The molecular formula is C23H18FN3O3. The van der Waals surface area contributed by atoms with Gasteiger partial charge in [0, 0.05) is 11.1 Å². The van der Waals surface area contributed by atoms with E-state index in [4.69, 9.17) is 11.5 Å². The van der Waals surface area contributed by atoms with E-state index in [-0.39, 0.29) is 29.7 Å². The Morgan fingerprint density at radius 3 is 1.97 bits per heavy atom. The number of aromatic hydroxyl groups is 1. The Kier molecular flexibility index (Phi) is 5.79. The number of phenolic OH excluding ortho intramolecular Hbond substituents is 1. The highest BCUT2D eigenvalue weighted by Crippen LogP contribution is 2.39. The lowest BCUT2D eigenvalue weighted by atomic mass is 9.94. The fourth-order valence-electron chi connectivity index (χ4n) is 3.25. The van der Waals surface area contributed by atoms with Gasteiger partial charge in [0.15, 0.2) is 0 Å². The third-order valence-corrected chi connectivity index (χ3v) is 4.67. The van der Waals surface area contributed by atoms with Crippen molar-refractivity contribution in [2.75, 3.05) is 0 Å². The summed E-state index contributed by atoms with van der Waals surface area (Å²) in [5.74, 6) is -1.88. The van der Waals surface area contributed by atoms with Crippen LogP contribution in [0.2, 0.25) is 0 Å². The lowest BCUT2D eigenvalue weighted by Crippen LogP contribution is -2.14. The van der Waals surface area contributed by atoms with E-state index in [1.54, 1.807) is 42.5 Å². The van der Waals surface area contributed by atoms with Gasteiger partial charge < -0.3 is 16.6 Å². The van der Waals surface area contributed by atoms with Crippen LogP contribution < -0.4 is 11.5 Å². The Hall–Kier alpha value is -4.18. The normalized spacial score (nSPS) is 10.4. The summed E-state index contributed by atoms with van der Waals surface area (Å²) in [6.45, 7) is 0. The highest BCUT2D eigenvalue weighted by atomic mass is 19.1. The maximum atomic E-state index is 14.3. The number of halogens is 1. The molecule has 0 unspecified atom stereocenters. The Bertz CT molecular complexity index is 1200. The second-order valence-corrected chi connectivity index (χ2v) is 6.78. The zero-order chi connectivity index (χ0) is 21.8. The van der Waals surface area contributed by atoms with Crippen LogP contribution in [-0.4, -0.2) is 16.9 Å². The highest BCUT2D eigenvalue weighted by molar-refractivity contribution is 5.84. The van der Waals surface area contributed by atoms with E-state index in [9.17, 15) is 24.3 Å². The fourth-order valence-corrected chi connectivity index (χ4v) is 3.25. The second-order valence-electron chi connectivity index (χ2n) is 6.78. The van der Waals surface area contributed by atoms with Crippen LogP contribution in [0, 0.1) is 17.1 Å². The van der Waals surface area contributed by atoms with E-state index < -0.39 is 17.6 Å². The minimum Gasteiger partial charge on any atom is -0.507 e. The van der Waals surface area contributed by atoms with Gasteiger partial charge in [-0.05, 0) is 34.4 Å². The number of carbonyl (C=O) groups excluding carboxylic acids is 2. The maximum absolute atomic E-state index is 14.3. The van der Waals surface area contributed by atoms with Gasteiger partial charge in [0.25, 0.3) is 0 Å². The molecule has 0 fully saturated rings. The van der Waals surface area contributed by atoms with Crippen molar-refractivity contribution in [3.05, 3.63) is 77.1 Å². The molecule has 150 valence electrons. The molecule has 0 radical (unpaired) electrons.